The van der Waals surface area contributed by atoms with Crippen molar-refractivity contribution in [3.8, 4) is 0 Å². The number of carbonyl (C=O) groups is 1. The minimum atomic E-state index is -4.45. The standard InChI is InChI=1S/C20H18F3N3O2/c21-20(22,23)14-4-3-5-15(12-14)24-19(27)26-10-8-13(9-11-26)18-25-16-6-1-2-7-17(16)28-18/h1-7,12-13H,8-11H2,(H,24,27). The fourth-order valence-electron chi connectivity index (χ4n) is 3.37. The summed E-state index contributed by atoms with van der Waals surface area (Å²) in [6.45, 7) is 0.961. The largest absolute Gasteiger partial charge is 0.440 e. The van der Waals surface area contributed by atoms with Gasteiger partial charge in [0.05, 0.1) is 5.56 Å². The third kappa shape index (κ3) is 3.81. The number of rotatable bonds is 2. The number of carbonyl (C=O) groups excluding carboxylic acids is 1. The number of hydrogen-bond donors (Lipinski definition) is 1. The van der Waals surface area contributed by atoms with Gasteiger partial charge in [-0.1, -0.05) is 18.2 Å². The highest BCUT2D eigenvalue weighted by Gasteiger charge is 2.31. The number of urea groups is 1. The van der Waals surface area contributed by atoms with Crippen LogP contribution in [0.5, 0.6) is 0 Å². The van der Waals surface area contributed by atoms with Crippen LogP contribution >= 0.6 is 0 Å². The second kappa shape index (κ2) is 7.18. The van der Waals surface area contributed by atoms with Crippen LogP contribution in [0.2, 0.25) is 0 Å². The summed E-state index contributed by atoms with van der Waals surface area (Å²) < 4.78 is 44.2. The van der Waals surface area contributed by atoms with E-state index in [1.165, 1.54) is 12.1 Å². The molecule has 0 radical (unpaired) electrons. The third-order valence-corrected chi connectivity index (χ3v) is 4.88. The summed E-state index contributed by atoms with van der Waals surface area (Å²) in [4.78, 5) is 18.5. The van der Waals surface area contributed by atoms with Crippen molar-refractivity contribution in [1.82, 2.24) is 9.88 Å². The lowest BCUT2D eigenvalue weighted by atomic mass is 9.97. The number of anilines is 1. The zero-order valence-corrected chi connectivity index (χ0v) is 14.9. The molecule has 0 saturated carbocycles. The molecule has 0 aliphatic carbocycles. The van der Waals surface area contributed by atoms with Gasteiger partial charge in [-0.15, -0.1) is 0 Å². The van der Waals surface area contributed by atoms with Gasteiger partial charge in [0.15, 0.2) is 11.5 Å². The molecule has 0 spiro atoms. The zero-order chi connectivity index (χ0) is 19.7. The number of benzene rings is 2. The van der Waals surface area contributed by atoms with E-state index in [1.54, 1.807) is 4.90 Å². The molecule has 1 aliphatic heterocycles. The summed E-state index contributed by atoms with van der Waals surface area (Å²) in [5, 5.41) is 2.55. The predicted molar refractivity (Wildman–Crippen MR) is 98.0 cm³/mol. The lowest BCUT2D eigenvalue weighted by Gasteiger charge is -2.30. The summed E-state index contributed by atoms with van der Waals surface area (Å²) in [7, 11) is 0. The van der Waals surface area contributed by atoms with E-state index in [0.29, 0.717) is 31.8 Å². The number of amides is 2. The van der Waals surface area contributed by atoms with Crippen molar-refractivity contribution < 1.29 is 22.4 Å². The number of oxazole rings is 1. The van der Waals surface area contributed by atoms with Crippen LogP contribution in [0.1, 0.15) is 30.2 Å². The molecule has 2 amide bonds. The number of fused-ring (bicyclic) bond motifs is 1. The first-order chi connectivity index (χ1) is 13.4. The summed E-state index contributed by atoms with van der Waals surface area (Å²) in [5.41, 5.74) is 0.880. The topological polar surface area (TPSA) is 58.4 Å². The molecule has 2 heterocycles. The van der Waals surface area contributed by atoms with Gasteiger partial charge in [-0.2, -0.15) is 13.2 Å². The second-order valence-corrected chi connectivity index (χ2v) is 6.79. The second-order valence-electron chi connectivity index (χ2n) is 6.79. The van der Waals surface area contributed by atoms with Gasteiger partial charge in [0.2, 0.25) is 0 Å². The molecular weight excluding hydrogens is 371 g/mol. The number of nitrogens with one attached hydrogen (secondary N) is 1. The van der Waals surface area contributed by atoms with Crippen molar-refractivity contribution in [2.75, 3.05) is 18.4 Å². The number of para-hydroxylation sites is 2. The van der Waals surface area contributed by atoms with Crippen molar-refractivity contribution in [2.24, 2.45) is 0 Å². The Morgan fingerprint density at radius 3 is 2.57 bits per heavy atom. The molecule has 2 aromatic carbocycles. The first-order valence-electron chi connectivity index (χ1n) is 8.99. The SMILES string of the molecule is O=C(Nc1cccc(C(F)(F)F)c1)N1CCC(c2nc3ccccc3o2)CC1. The van der Waals surface area contributed by atoms with Crippen LogP contribution < -0.4 is 5.32 Å². The number of alkyl halides is 3. The summed E-state index contributed by atoms with van der Waals surface area (Å²) >= 11 is 0. The summed E-state index contributed by atoms with van der Waals surface area (Å²) in [5.74, 6) is 0.782. The molecule has 1 N–H and O–H groups in total. The van der Waals surface area contributed by atoms with Gasteiger partial charge in [0, 0.05) is 24.7 Å². The molecule has 1 saturated heterocycles. The van der Waals surface area contributed by atoms with Crippen molar-refractivity contribution in [1.29, 1.82) is 0 Å². The average molecular weight is 389 g/mol. The Labute approximate surface area is 159 Å². The lowest BCUT2D eigenvalue weighted by Crippen LogP contribution is -2.40. The van der Waals surface area contributed by atoms with E-state index in [1.807, 2.05) is 24.3 Å². The Bertz CT molecular complexity index is 959. The third-order valence-electron chi connectivity index (χ3n) is 4.88. The molecule has 1 fully saturated rings. The number of likely N-dealkylation sites (tertiary alicyclic amines) is 1. The summed E-state index contributed by atoms with van der Waals surface area (Å²) in [6, 6.07) is 11.8. The molecule has 3 aromatic rings. The van der Waals surface area contributed by atoms with E-state index in [-0.39, 0.29) is 11.6 Å². The smallest absolute Gasteiger partial charge is 0.416 e. The van der Waals surface area contributed by atoms with Crippen molar-refractivity contribution in [3.05, 3.63) is 60.0 Å². The number of hydrogen-bond acceptors (Lipinski definition) is 3. The molecule has 0 atom stereocenters. The average Bonchev–Trinajstić information content (AvgIpc) is 3.12. The highest BCUT2D eigenvalue weighted by molar-refractivity contribution is 5.89. The number of nitrogens with zero attached hydrogens (tertiary/aromatic N) is 2. The molecule has 8 heteroatoms. The number of halogens is 3. The Kier molecular flexibility index (Phi) is 4.70. The van der Waals surface area contributed by atoms with Gasteiger partial charge in [0.1, 0.15) is 5.52 Å². The molecule has 4 rings (SSSR count). The Morgan fingerprint density at radius 1 is 1.11 bits per heavy atom. The molecule has 1 aromatic heterocycles. The van der Waals surface area contributed by atoms with Crippen LogP contribution in [-0.2, 0) is 6.18 Å². The minimum Gasteiger partial charge on any atom is -0.440 e. The minimum absolute atomic E-state index is 0.116. The Hall–Kier alpha value is -3.03. The maximum absolute atomic E-state index is 12.8. The van der Waals surface area contributed by atoms with E-state index in [0.717, 1.165) is 23.2 Å². The van der Waals surface area contributed by atoms with Gasteiger partial charge in [-0.05, 0) is 43.2 Å². The number of aromatic nitrogens is 1. The van der Waals surface area contributed by atoms with Gasteiger partial charge in [-0.3, -0.25) is 0 Å². The zero-order valence-electron chi connectivity index (χ0n) is 14.9. The molecule has 0 unspecified atom stereocenters. The molecule has 1 aliphatic rings. The molecule has 5 nitrogen and oxygen atoms in total. The number of piperidine rings is 1. The Balaban J connectivity index is 1.37. The highest BCUT2D eigenvalue weighted by atomic mass is 19.4. The monoisotopic (exact) mass is 389 g/mol. The summed E-state index contributed by atoms with van der Waals surface area (Å²) in [6.07, 6.45) is -3.08. The molecule has 0 bridgehead atoms. The lowest BCUT2D eigenvalue weighted by molar-refractivity contribution is -0.137. The first kappa shape index (κ1) is 18.3. The highest BCUT2D eigenvalue weighted by Crippen LogP contribution is 2.32. The molecule has 146 valence electrons. The van der Waals surface area contributed by atoms with Crippen LogP contribution in [0.15, 0.2) is 52.9 Å². The van der Waals surface area contributed by atoms with Crippen molar-refractivity contribution >= 4 is 22.8 Å². The van der Waals surface area contributed by atoms with Crippen LogP contribution in [0.3, 0.4) is 0 Å². The van der Waals surface area contributed by atoms with Gasteiger partial charge in [-0.25, -0.2) is 9.78 Å². The van der Waals surface area contributed by atoms with Crippen molar-refractivity contribution in [2.45, 2.75) is 24.9 Å². The maximum Gasteiger partial charge on any atom is 0.416 e. The van der Waals surface area contributed by atoms with Crippen LogP contribution in [0.4, 0.5) is 23.7 Å². The fraction of sp³-hybridized carbons (Fsp3) is 0.300. The first-order valence-corrected chi connectivity index (χ1v) is 8.99. The molecular formula is C20H18F3N3O2. The van der Waals surface area contributed by atoms with E-state index in [4.69, 9.17) is 4.42 Å². The van der Waals surface area contributed by atoms with Crippen LogP contribution in [0.25, 0.3) is 11.1 Å². The van der Waals surface area contributed by atoms with Crippen molar-refractivity contribution in [3.63, 3.8) is 0 Å². The predicted octanol–water partition coefficient (Wildman–Crippen LogP) is 5.26. The van der Waals surface area contributed by atoms with Gasteiger partial charge >= 0.3 is 12.2 Å². The quantitative estimate of drug-likeness (QED) is 0.651. The van der Waals surface area contributed by atoms with Crippen LogP contribution in [0, 0.1) is 0 Å². The fourth-order valence-corrected chi connectivity index (χ4v) is 3.37. The normalized spacial score (nSPS) is 15.8. The van der Waals surface area contributed by atoms with Gasteiger partial charge < -0.3 is 14.6 Å². The van der Waals surface area contributed by atoms with Crippen LogP contribution in [-0.4, -0.2) is 29.0 Å². The van der Waals surface area contributed by atoms with E-state index in [2.05, 4.69) is 10.3 Å². The van der Waals surface area contributed by atoms with E-state index in [9.17, 15) is 18.0 Å². The van der Waals surface area contributed by atoms with E-state index < -0.39 is 17.8 Å². The van der Waals surface area contributed by atoms with Gasteiger partial charge in [0.25, 0.3) is 0 Å². The van der Waals surface area contributed by atoms with E-state index >= 15 is 0 Å². The molecule has 28 heavy (non-hydrogen) atoms. The maximum atomic E-state index is 12.8. The Morgan fingerprint density at radius 2 is 1.86 bits per heavy atom.